The largest absolute Gasteiger partial charge is 0.438 e. The van der Waals surface area contributed by atoms with Gasteiger partial charge in [-0.3, -0.25) is 14.2 Å². The van der Waals surface area contributed by atoms with Gasteiger partial charge in [0.2, 0.25) is 11.6 Å². The Kier molecular flexibility index (Phi) is 4.82. The third kappa shape index (κ3) is 3.77. The molecule has 3 rings (SSSR count). The Balaban J connectivity index is 2.00. The summed E-state index contributed by atoms with van der Waals surface area (Å²) in [5.74, 6) is -0.626. The van der Waals surface area contributed by atoms with Gasteiger partial charge in [-0.05, 0) is 36.4 Å². The molecule has 0 aliphatic heterocycles. The fourth-order valence-electron chi connectivity index (χ4n) is 2.41. The second-order valence-electron chi connectivity index (χ2n) is 5.39. The minimum Gasteiger partial charge on any atom is -0.325 e. The lowest BCUT2D eigenvalue weighted by Gasteiger charge is -2.13. The second-order valence-corrected chi connectivity index (χ2v) is 6.31. The monoisotopic (exact) mass is 425 g/mol. The van der Waals surface area contributed by atoms with Crippen molar-refractivity contribution in [1.82, 2.24) is 9.55 Å². The number of hydrogen-bond donors (Lipinski definition) is 1. The maximum atomic E-state index is 13.1. The minimum absolute atomic E-state index is 0.0177. The maximum absolute atomic E-state index is 13.1. The van der Waals surface area contributed by atoms with Crippen molar-refractivity contribution < 1.29 is 18.0 Å². The first-order chi connectivity index (χ1) is 12.3. The Hall–Kier alpha value is -2.68. The molecule has 0 fully saturated rings. The van der Waals surface area contributed by atoms with E-state index in [1.807, 2.05) is 0 Å². The van der Waals surface area contributed by atoms with Gasteiger partial charge in [0.25, 0.3) is 5.56 Å². The minimum atomic E-state index is -4.91. The van der Waals surface area contributed by atoms with Crippen LogP contribution in [0.3, 0.4) is 0 Å². The molecule has 0 aliphatic rings. The number of amides is 1. The Morgan fingerprint density at radius 3 is 2.42 bits per heavy atom. The van der Waals surface area contributed by atoms with Crippen molar-refractivity contribution in [3.63, 3.8) is 0 Å². The van der Waals surface area contributed by atoms with Gasteiger partial charge in [0.05, 0.1) is 11.0 Å². The van der Waals surface area contributed by atoms with Gasteiger partial charge < -0.3 is 5.32 Å². The number of nitrogens with zero attached hydrogens (tertiary/aromatic N) is 2. The third-order valence-corrected chi connectivity index (χ3v) is 4.08. The number of halogens is 4. The van der Waals surface area contributed by atoms with Crippen molar-refractivity contribution in [2.24, 2.45) is 0 Å². The number of hydrogen-bond acceptors (Lipinski definition) is 3. The summed E-state index contributed by atoms with van der Waals surface area (Å²) in [5.41, 5.74) is -2.32. The predicted molar refractivity (Wildman–Crippen MR) is 93.8 cm³/mol. The molecule has 0 atom stereocenters. The normalized spacial score (nSPS) is 11.5. The number of carbonyl (C=O) groups excluding carboxylic acids is 1. The Bertz CT molecular complexity index is 1030. The molecule has 0 bridgehead atoms. The van der Waals surface area contributed by atoms with Crippen LogP contribution in [0.1, 0.15) is 5.69 Å². The van der Waals surface area contributed by atoms with E-state index in [1.54, 1.807) is 30.3 Å². The van der Waals surface area contributed by atoms with E-state index < -0.39 is 29.9 Å². The molecule has 0 radical (unpaired) electrons. The molecule has 0 saturated carbocycles. The zero-order chi connectivity index (χ0) is 18.9. The summed E-state index contributed by atoms with van der Waals surface area (Å²) in [5, 5.41) is 2.55. The first-order valence-corrected chi connectivity index (χ1v) is 8.17. The molecule has 5 nitrogen and oxygen atoms in total. The van der Waals surface area contributed by atoms with E-state index in [9.17, 15) is 22.8 Å². The fraction of sp³-hybridized carbons (Fsp3) is 0.118. The second kappa shape index (κ2) is 6.91. The third-order valence-electron chi connectivity index (χ3n) is 3.55. The molecule has 0 spiro atoms. The van der Waals surface area contributed by atoms with Crippen LogP contribution >= 0.6 is 15.9 Å². The van der Waals surface area contributed by atoms with Crippen LogP contribution in [0, 0.1) is 0 Å². The van der Waals surface area contributed by atoms with Crippen LogP contribution in [0.15, 0.2) is 57.8 Å². The molecule has 9 heteroatoms. The van der Waals surface area contributed by atoms with E-state index in [-0.39, 0.29) is 11.0 Å². The fourth-order valence-corrected chi connectivity index (χ4v) is 2.68. The molecule has 0 aliphatic carbocycles. The maximum Gasteiger partial charge on any atom is 0.438 e. The van der Waals surface area contributed by atoms with Crippen molar-refractivity contribution in [3.05, 3.63) is 69.1 Å². The summed E-state index contributed by atoms with van der Waals surface area (Å²) < 4.78 is 40.9. The molecular weight excluding hydrogens is 415 g/mol. The highest BCUT2D eigenvalue weighted by Gasteiger charge is 2.37. The molecule has 0 saturated heterocycles. The van der Waals surface area contributed by atoms with Crippen LogP contribution in [0.4, 0.5) is 18.9 Å². The Morgan fingerprint density at radius 1 is 1.12 bits per heavy atom. The highest BCUT2D eigenvalue weighted by molar-refractivity contribution is 9.10. The van der Waals surface area contributed by atoms with Crippen molar-refractivity contribution in [1.29, 1.82) is 0 Å². The van der Waals surface area contributed by atoms with Gasteiger partial charge >= 0.3 is 6.18 Å². The van der Waals surface area contributed by atoms with Gasteiger partial charge in [0, 0.05) is 10.2 Å². The number of para-hydroxylation sites is 2. The quantitative estimate of drug-likeness (QED) is 0.693. The average Bonchev–Trinajstić information content (AvgIpc) is 2.58. The number of alkyl halides is 3. The van der Waals surface area contributed by atoms with Gasteiger partial charge in [-0.1, -0.05) is 28.1 Å². The molecule has 26 heavy (non-hydrogen) atoms. The number of rotatable bonds is 3. The molecule has 1 aromatic heterocycles. The summed E-state index contributed by atoms with van der Waals surface area (Å²) in [6.07, 6.45) is -4.91. The molecule has 2 aromatic carbocycles. The highest BCUT2D eigenvalue weighted by atomic mass is 79.9. The van der Waals surface area contributed by atoms with Crippen molar-refractivity contribution in [2.75, 3.05) is 5.32 Å². The van der Waals surface area contributed by atoms with Crippen LogP contribution in [-0.4, -0.2) is 15.5 Å². The first-order valence-electron chi connectivity index (χ1n) is 7.38. The van der Waals surface area contributed by atoms with E-state index >= 15 is 0 Å². The van der Waals surface area contributed by atoms with Gasteiger partial charge in [0.1, 0.15) is 6.54 Å². The molecule has 1 heterocycles. The lowest BCUT2D eigenvalue weighted by atomic mass is 10.2. The van der Waals surface area contributed by atoms with Crippen LogP contribution in [0.2, 0.25) is 0 Å². The molecule has 1 amide bonds. The van der Waals surface area contributed by atoms with E-state index in [1.165, 1.54) is 18.2 Å². The number of carbonyl (C=O) groups is 1. The molecule has 3 aromatic rings. The average molecular weight is 426 g/mol. The Morgan fingerprint density at radius 2 is 1.77 bits per heavy atom. The number of benzene rings is 2. The zero-order valence-electron chi connectivity index (χ0n) is 13.0. The number of aromatic nitrogens is 2. The smallest absolute Gasteiger partial charge is 0.325 e. The van der Waals surface area contributed by atoms with E-state index in [0.717, 1.165) is 9.04 Å². The molecule has 0 unspecified atom stereocenters. The number of nitrogens with one attached hydrogen (secondary N) is 1. The van der Waals surface area contributed by atoms with Crippen LogP contribution in [-0.2, 0) is 17.5 Å². The topological polar surface area (TPSA) is 64.0 Å². The van der Waals surface area contributed by atoms with Crippen molar-refractivity contribution >= 4 is 38.6 Å². The number of fused-ring (bicyclic) bond motifs is 1. The van der Waals surface area contributed by atoms with Crippen LogP contribution in [0.5, 0.6) is 0 Å². The van der Waals surface area contributed by atoms with Gasteiger partial charge in [-0.15, -0.1) is 0 Å². The van der Waals surface area contributed by atoms with Crippen molar-refractivity contribution in [2.45, 2.75) is 12.7 Å². The summed E-state index contributed by atoms with van der Waals surface area (Å²) in [4.78, 5) is 27.9. The SMILES string of the molecule is O=C(Cn1c(=O)c(C(F)(F)F)nc2ccccc21)Nc1ccc(Br)cc1. The van der Waals surface area contributed by atoms with E-state index in [4.69, 9.17) is 0 Å². The highest BCUT2D eigenvalue weighted by Crippen LogP contribution is 2.26. The summed E-state index contributed by atoms with van der Waals surface area (Å²) >= 11 is 3.26. The Labute approximate surface area is 153 Å². The summed E-state index contributed by atoms with van der Waals surface area (Å²) in [6, 6.07) is 12.5. The van der Waals surface area contributed by atoms with Gasteiger partial charge in [-0.25, -0.2) is 4.98 Å². The van der Waals surface area contributed by atoms with Crippen molar-refractivity contribution in [3.8, 4) is 0 Å². The summed E-state index contributed by atoms with van der Waals surface area (Å²) in [7, 11) is 0. The van der Waals surface area contributed by atoms with Crippen LogP contribution in [0.25, 0.3) is 11.0 Å². The predicted octanol–water partition coefficient (Wildman–Crippen LogP) is 3.82. The molecular formula is C17H11BrF3N3O2. The number of anilines is 1. The summed E-state index contributed by atoms with van der Waals surface area (Å²) in [6.45, 7) is -0.568. The standard InChI is InChI=1S/C17H11BrF3N3O2/c18-10-5-7-11(8-6-10)22-14(25)9-24-13-4-2-1-3-12(13)23-15(16(24)26)17(19,20)21/h1-8H,9H2,(H,22,25). The molecule has 134 valence electrons. The van der Waals surface area contributed by atoms with Gasteiger partial charge in [0.15, 0.2) is 0 Å². The van der Waals surface area contributed by atoms with E-state index in [2.05, 4.69) is 26.2 Å². The first kappa shape index (κ1) is 18.1. The lowest BCUT2D eigenvalue weighted by Crippen LogP contribution is -2.34. The van der Waals surface area contributed by atoms with Crippen LogP contribution < -0.4 is 10.9 Å². The lowest BCUT2D eigenvalue weighted by molar-refractivity contribution is -0.142. The molecule has 1 N–H and O–H groups in total. The van der Waals surface area contributed by atoms with Gasteiger partial charge in [-0.2, -0.15) is 13.2 Å². The van der Waals surface area contributed by atoms with E-state index in [0.29, 0.717) is 5.69 Å². The zero-order valence-corrected chi connectivity index (χ0v) is 14.6.